The number of rotatable bonds is 4. The number of nitrogens with zero attached hydrogens (tertiary/aromatic N) is 4. The number of imide groups is 1. The van der Waals surface area contributed by atoms with Gasteiger partial charge in [0.2, 0.25) is 11.8 Å². The van der Waals surface area contributed by atoms with Crippen molar-refractivity contribution in [1.29, 1.82) is 0 Å². The Morgan fingerprint density at radius 1 is 1.09 bits per heavy atom. The van der Waals surface area contributed by atoms with Crippen LogP contribution in [0.15, 0.2) is 18.2 Å². The molecule has 184 valence electrons. The molecule has 0 spiro atoms. The summed E-state index contributed by atoms with van der Waals surface area (Å²) in [7, 11) is 0. The van der Waals surface area contributed by atoms with Gasteiger partial charge in [-0.05, 0) is 56.5 Å². The van der Waals surface area contributed by atoms with Gasteiger partial charge in [-0.3, -0.25) is 24.6 Å². The standard InChI is InChI=1S/C26H32N6O3/c1-16-28-24(22-13-27-8-11-31(16)22)18-6-9-30(10-7-18)14-17-2-3-19-15-32(26(35)20(19)12-17)21-4-5-23(33)29-25(21)34/h2-3,12,18,21,27H,4-11,13-15H2,1H3,(H,29,33,34). The van der Waals surface area contributed by atoms with E-state index in [9.17, 15) is 14.4 Å². The molecule has 0 radical (unpaired) electrons. The first-order chi connectivity index (χ1) is 17.0. The highest BCUT2D eigenvalue weighted by Crippen LogP contribution is 2.33. The van der Waals surface area contributed by atoms with Gasteiger partial charge in [0.15, 0.2) is 0 Å². The quantitative estimate of drug-likeness (QED) is 0.648. The first-order valence-corrected chi connectivity index (χ1v) is 12.7. The van der Waals surface area contributed by atoms with Gasteiger partial charge in [-0.15, -0.1) is 0 Å². The van der Waals surface area contributed by atoms with Crippen molar-refractivity contribution in [1.82, 2.24) is 30.0 Å². The average Bonchev–Trinajstić information content (AvgIpc) is 3.37. The lowest BCUT2D eigenvalue weighted by Gasteiger charge is -2.32. The Morgan fingerprint density at radius 2 is 1.91 bits per heavy atom. The van der Waals surface area contributed by atoms with Gasteiger partial charge in [0, 0.05) is 50.6 Å². The van der Waals surface area contributed by atoms with Gasteiger partial charge < -0.3 is 14.8 Å². The van der Waals surface area contributed by atoms with Crippen LogP contribution < -0.4 is 10.6 Å². The van der Waals surface area contributed by atoms with Crippen LogP contribution in [-0.2, 0) is 35.8 Å². The van der Waals surface area contributed by atoms with Crippen LogP contribution in [-0.4, -0.2) is 62.7 Å². The Kier molecular flexibility index (Phi) is 5.69. The second-order valence-corrected chi connectivity index (χ2v) is 10.3. The smallest absolute Gasteiger partial charge is 0.255 e. The van der Waals surface area contributed by atoms with Crippen molar-refractivity contribution in [3.05, 3.63) is 52.1 Å². The second kappa shape index (κ2) is 8.87. The van der Waals surface area contributed by atoms with Crippen molar-refractivity contribution >= 4 is 17.7 Å². The summed E-state index contributed by atoms with van der Waals surface area (Å²) in [6.07, 6.45) is 2.85. The van der Waals surface area contributed by atoms with E-state index in [-0.39, 0.29) is 24.1 Å². The van der Waals surface area contributed by atoms with Gasteiger partial charge in [0.05, 0.1) is 11.4 Å². The summed E-state index contributed by atoms with van der Waals surface area (Å²) in [4.78, 5) is 45.9. The van der Waals surface area contributed by atoms with E-state index < -0.39 is 6.04 Å². The fraction of sp³-hybridized carbons (Fsp3) is 0.538. The van der Waals surface area contributed by atoms with Gasteiger partial charge in [-0.1, -0.05) is 12.1 Å². The van der Waals surface area contributed by atoms with Gasteiger partial charge in [-0.2, -0.15) is 0 Å². The Balaban J connectivity index is 1.09. The SMILES string of the molecule is Cc1nc(C2CCN(Cc3ccc4c(c3)C(=O)N(C3CCC(=O)NC3=O)C4)CC2)c2n1CCNC2. The van der Waals surface area contributed by atoms with Crippen LogP contribution in [0.4, 0.5) is 0 Å². The maximum atomic E-state index is 13.1. The molecular weight excluding hydrogens is 444 g/mol. The summed E-state index contributed by atoms with van der Waals surface area (Å²) in [6.45, 7) is 8.30. The molecule has 1 aromatic carbocycles. The van der Waals surface area contributed by atoms with Gasteiger partial charge in [-0.25, -0.2) is 4.98 Å². The third-order valence-corrected chi connectivity index (χ3v) is 8.07. The predicted molar refractivity (Wildman–Crippen MR) is 128 cm³/mol. The summed E-state index contributed by atoms with van der Waals surface area (Å²) in [6, 6.07) is 5.56. The molecule has 2 saturated heterocycles. The Morgan fingerprint density at radius 3 is 2.71 bits per heavy atom. The van der Waals surface area contributed by atoms with Gasteiger partial charge >= 0.3 is 0 Å². The molecule has 0 bridgehead atoms. The number of hydrogen-bond donors (Lipinski definition) is 2. The largest absolute Gasteiger partial charge is 0.330 e. The number of aromatic nitrogens is 2. The summed E-state index contributed by atoms with van der Waals surface area (Å²) in [5.41, 5.74) is 5.42. The number of carbonyl (C=O) groups is 3. The molecule has 9 heteroatoms. The first-order valence-electron chi connectivity index (χ1n) is 12.7. The molecule has 2 N–H and O–H groups in total. The number of aryl methyl sites for hydroxylation is 1. The fourth-order valence-electron chi connectivity index (χ4n) is 6.16. The first kappa shape index (κ1) is 22.4. The number of imidazole rings is 1. The minimum atomic E-state index is -0.567. The lowest BCUT2D eigenvalue weighted by molar-refractivity contribution is -0.136. The van der Waals surface area contributed by atoms with E-state index >= 15 is 0 Å². The summed E-state index contributed by atoms with van der Waals surface area (Å²) < 4.78 is 2.37. The van der Waals surface area contributed by atoms with Crippen LogP contribution in [0.1, 0.15) is 70.3 Å². The van der Waals surface area contributed by atoms with Crippen LogP contribution in [0.2, 0.25) is 0 Å². The van der Waals surface area contributed by atoms with Crippen LogP contribution in [0, 0.1) is 6.92 Å². The molecule has 0 aliphatic carbocycles. The zero-order valence-corrected chi connectivity index (χ0v) is 20.2. The van der Waals surface area contributed by atoms with Crippen molar-refractivity contribution in [2.45, 2.75) is 70.7 Å². The molecule has 0 saturated carbocycles. The molecule has 1 atom stereocenters. The maximum Gasteiger partial charge on any atom is 0.255 e. The van der Waals surface area contributed by atoms with E-state index in [0.717, 1.165) is 69.1 Å². The van der Waals surface area contributed by atoms with Crippen LogP contribution in [0.3, 0.4) is 0 Å². The maximum absolute atomic E-state index is 13.1. The Bertz CT molecular complexity index is 1200. The molecule has 6 rings (SSSR count). The molecular formula is C26H32N6O3. The Hall–Kier alpha value is -3.04. The molecule has 4 aliphatic heterocycles. The third kappa shape index (κ3) is 4.06. The van der Waals surface area contributed by atoms with E-state index in [1.165, 1.54) is 11.4 Å². The lowest BCUT2D eigenvalue weighted by Crippen LogP contribution is -2.52. The zero-order valence-electron chi connectivity index (χ0n) is 20.2. The number of hydrogen-bond acceptors (Lipinski definition) is 6. The summed E-state index contributed by atoms with van der Waals surface area (Å²) in [5, 5.41) is 5.85. The van der Waals surface area contributed by atoms with E-state index in [0.29, 0.717) is 24.4 Å². The number of likely N-dealkylation sites (tertiary alicyclic amines) is 1. The van der Waals surface area contributed by atoms with Crippen molar-refractivity contribution in [3.8, 4) is 0 Å². The molecule has 5 heterocycles. The number of fused-ring (bicyclic) bond motifs is 2. The van der Waals surface area contributed by atoms with Crippen LogP contribution in [0.5, 0.6) is 0 Å². The number of carbonyl (C=O) groups excluding carboxylic acids is 3. The van der Waals surface area contributed by atoms with E-state index in [2.05, 4.69) is 33.1 Å². The zero-order chi connectivity index (χ0) is 24.1. The van der Waals surface area contributed by atoms with Crippen molar-refractivity contribution in [3.63, 3.8) is 0 Å². The number of piperidine rings is 2. The van der Waals surface area contributed by atoms with Crippen molar-refractivity contribution in [2.75, 3.05) is 19.6 Å². The minimum absolute atomic E-state index is 0.108. The summed E-state index contributed by atoms with van der Waals surface area (Å²) in [5.74, 6) is 0.901. The number of nitrogens with one attached hydrogen (secondary N) is 2. The highest BCUT2D eigenvalue weighted by molar-refractivity contribution is 6.05. The lowest BCUT2D eigenvalue weighted by atomic mass is 9.91. The molecule has 1 aromatic heterocycles. The predicted octanol–water partition coefficient (Wildman–Crippen LogP) is 1.44. The van der Waals surface area contributed by atoms with Gasteiger partial charge in [0.1, 0.15) is 11.9 Å². The monoisotopic (exact) mass is 476 g/mol. The van der Waals surface area contributed by atoms with Crippen LogP contribution >= 0.6 is 0 Å². The minimum Gasteiger partial charge on any atom is -0.330 e. The van der Waals surface area contributed by atoms with E-state index in [1.54, 1.807) is 4.90 Å². The third-order valence-electron chi connectivity index (χ3n) is 8.07. The van der Waals surface area contributed by atoms with Crippen molar-refractivity contribution in [2.24, 2.45) is 0 Å². The number of benzene rings is 1. The highest BCUT2D eigenvalue weighted by Gasteiger charge is 2.39. The normalized spacial score (nSPS) is 23.4. The molecule has 1 unspecified atom stereocenters. The molecule has 3 amide bonds. The molecule has 9 nitrogen and oxygen atoms in total. The van der Waals surface area contributed by atoms with E-state index in [1.807, 2.05) is 12.1 Å². The fourth-order valence-corrected chi connectivity index (χ4v) is 6.16. The molecule has 35 heavy (non-hydrogen) atoms. The average molecular weight is 477 g/mol. The van der Waals surface area contributed by atoms with Gasteiger partial charge in [0.25, 0.3) is 5.91 Å². The Labute approximate surface area is 204 Å². The summed E-state index contributed by atoms with van der Waals surface area (Å²) >= 11 is 0. The molecule has 4 aliphatic rings. The topological polar surface area (TPSA) is 99.6 Å². The van der Waals surface area contributed by atoms with E-state index in [4.69, 9.17) is 4.98 Å². The molecule has 2 aromatic rings. The highest BCUT2D eigenvalue weighted by atomic mass is 16.2. The van der Waals surface area contributed by atoms with Crippen LogP contribution in [0.25, 0.3) is 0 Å². The van der Waals surface area contributed by atoms with Crippen molar-refractivity contribution < 1.29 is 14.4 Å². The molecule has 2 fully saturated rings. The second-order valence-electron chi connectivity index (χ2n) is 10.3. The number of amides is 3.